The Hall–Kier alpha value is -4.58. The van der Waals surface area contributed by atoms with Crippen molar-refractivity contribution in [3.05, 3.63) is 78.5 Å². The van der Waals surface area contributed by atoms with Gasteiger partial charge in [-0.15, -0.1) is 0 Å². The van der Waals surface area contributed by atoms with Crippen LogP contribution in [0.1, 0.15) is 58.7 Å². The number of hydrogen-bond donors (Lipinski definition) is 0. The molecule has 0 unspecified atom stereocenters. The van der Waals surface area contributed by atoms with E-state index >= 15 is 0 Å². The number of esters is 2. The van der Waals surface area contributed by atoms with Crippen molar-refractivity contribution in [2.24, 2.45) is 4.99 Å². The molecule has 3 aromatic rings. The quantitative estimate of drug-likeness (QED) is 0.256. The van der Waals surface area contributed by atoms with Crippen molar-refractivity contribution in [3.63, 3.8) is 0 Å². The van der Waals surface area contributed by atoms with Gasteiger partial charge >= 0.3 is 11.9 Å². The third-order valence-corrected chi connectivity index (χ3v) is 7.58. The molecule has 1 aromatic heterocycles. The molecule has 2 heterocycles. The maximum atomic E-state index is 14.1. The molecule has 11 nitrogen and oxygen atoms in total. The van der Waals surface area contributed by atoms with Gasteiger partial charge in [0.15, 0.2) is 34.4 Å². The molecule has 0 saturated carbocycles. The zero-order valence-corrected chi connectivity index (χ0v) is 27.3. The van der Waals surface area contributed by atoms with Crippen LogP contribution in [0.2, 0.25) is 0 Å². The lowest BCUT2D eigenvalue weighted by Crippen LogP contribution is -2.40. The molecule has 1 aliphatic heterocycles. The number of carbonyl (C=O) groups is 2. The maximum Gasteiger partial charge on any atom is 0.344 e. The fraction of sp³-hybridized carbons (Fsp3) is 0.394. The van der Waals surface area contributed by atoms with Crippen LogP contribution in [-0.4, -0.2) is 56.1 Å². The Bertz CT molecular complexity index is 1770. The Balaban J connectivity index is 1.83. The van der Waals surface area contributed by atoms with Gasteiger partial charge in [-0.2, -0.15) is 0 Å². The summed E-state index contributed by atoms with van der Waals surface area (Å²) in [4.78, 5) is 44.2. The van der Waals surface area contributed by atoms with Crippen molar-refractivity contribution < 1.29 is 38.0 Å². The largest absolute Gasteiger partial charge is 0.493 e. The highest BCUT2D eigenvalue weighted by Crippen LogP contribution is 2.36. The fourth-order valence-electron chi connectivity index (χ4n) is 4.81. The van der Waals surface area contributed by atoms with E-state index in [4.69, 9.17) is 28.4 Å². The summed E-state index contributed by atoms with van der Waals surface area (Å²) in [6.07, 6.45) is 1.64. The van der Waals surface area contributed by atoms with Crippen LogP contribution in [0.4, 0.5) is 0 Å². The van der Waals surface area contributed by atoms with Gasteiger partial charge in [0.05, 0.1) is 54.9 Å². The van der Waals surface area contributed by atoms with Gasteiger partial charge in [0.25, 0.3) is 5.56 Å². The van der Waals surface area contributed by atoms with E-state index in [0.717, 1.165) is 0 Å². The molecule has 0 N–H and O–H groups in total. The van der Waals surface area contributed by atoms with Gasteiger partial charge in [0.1, 0.15) is 0 Å². The Kier molecular flexibility index (Phi) is 11.1. The first kappa shape index (κ1) is 33.3. The summed E-state index contributed by atoms with van der Waals surface area (Å²) in [6, 6.07) is 9.68. The van der Waals surface area contributed by atoms with Crippen LogP contribution in [0.15, 0.2) is 57.5 Å². The van der Waals surface area contributed by atoms with Crippen molar-refractivity contribution >= 4 is 29.4 Å². The lowest BCUT2D eigenvalue weighted by molar-refractivity contribution is -0.145. The number of carbonyl (C=O) groups excluding carboxylic acids is 2. The highest BCUT2D eigenvalue weighted by atomic mass is 32.1. The molecule has 4 rings (SSSR count). The van der Waals surface area contributed by atoms with Gasteiger partial charge in [0, 0.05) is 0 Å². The van der Waals surface area contributed by atoms with Crippen LogP contribution < -0.4 is 33.8 Å². The average Bonchev–Trinajstić information content (AvgIpc) is 3.30. The van der Waals surface area contributed by atoms with Crippen molar-refractivity contribution in [1.82, 2.24) is 4.57 Å². The number of benzene rings is 2. The minimum atomic E-state index is -0.818. The van der Waals surface area contributed by atoms with E-state index in [1.54, 1.807) is 57.2 Å². The second-order valence-corrected chi connectivity index (χ2v) is 11.1. The fourth-order valence-corrected chi connectivity index (χ4v) is 5.85. The molecule has 1 atom stereocenters. The number of aromatic nitrogens is 1. The van der Waals surface area contributed by atoms with E-state index in [0.29, 0.717) is 55.8 Å². The average molecular weight is 639 g/mol. The summed E-state index contributed by atoms with van der Waals surface area (Å²) in [7, 11) is 1.54. The van der Waals surface area contributed by atoms with Crippen LogP contribution in [0, 0.1) is 0 Å². The second-order valence-electron chi connectivity index (χ2n) is 10.1. The van der Waals surface area contributed by atoms with E-state index < -0.39 is 18.0 Å². The normalized spacial score (nSPS) is 14.5. The molecule has 0 spiro atoms. The van der Waals surface area contributed by atoms with Gasteiger partial charge in [-0.1, -0.05) is 23.5 Å². The third kappa shape index (κ3) is 7.56. The van der Waals surface area contributed by atoms with Gasteiger partial charge in [0.2, 0.25) is 0 Å². The van der Waals surface area contributed by atoms with E-state index in [-0.39, 0.29) is 37.1 Å². The van der Waals surface area contributed by atoms with Gasteiger partial charge in [-0.25, -0.2) is 14.6 Å². The molecule has 1 aliphatic rings. The van der Waals surface area contributed by atoms with E-state index in [1.165, 1.54) is 23.0 Å². The SMILES string of the molecule is CCOC(=O)COc1ccc(/C=c2\sc3n(c2=O)[C@@H](c2ccc(OC(C)C)c(OC)c2)C(C(=O)OCC)=C(C)N=3)cc1OCC. The summed E-state index contributed by atoms with van der Waals surface area (Å²) in [5.41, 5.74) is 1.68. The number of fused-ring (bicyclic) bond motifs is 1. The van der Waals surface area contributed by atoms with Crippen LogP contribution in [0.5, 0.6) is 23.0 Å². The molecular weight excluding hydrogens is 600 g/mol. The first-order valence-electron chi connectivity index (χ1n) is 14.7. The van der Waals surface area contributed by atoms with Crippen molar-refractivity contribution in [1.29, 1.82) is 0 Å². The van der Waals surface area contributed by atoms with Crippen LogP contribution >= 0.6 is 11.3 Å². The predicted molar refractivity (Wildman–Crippen MR) is 169 cm³/mol. The highest BCUT2D eigenvalue weighted by Gasteiger charge is 2.34. The number of hydrogen-bond acceptors (Lipinski definition) is 11. The molecule has 0 aliphatic carbocycles. The number of ether oxygens (including phenoxy) is 6. The van der Waals surface area contributed by atoms with Crippen LogP contribution in [0.25, 0.3) is 6.08 Å². The molecule has 0 saturated heterocycles. The molecule has 240 valence electrons. The zero-order chi connectivity index (χ0) is 32.7. The summed E-state index contributed by atoms with van der Waals surface area (Å²) < 4.78 is 35.1. The first-order chi connectivity index (χ1) is 21.6. The molecule has 0 amide bonds. The van der Waals surface area contributed by atoms with E-state index in [1.807, 2.05) is 26.8 Å². The molecular formula is C33H38N2O9S. The first-order valence-corrected chi connectivity index (χ1v) is 15.5. The van der Waals surface area contributed by atoms with Crippen molar-refractivity contribution in [3.8, 4) is 23.0 Å². The molecule has 45 heavy (non-hydrogen) atoms. The second kappa shape index (κ2) is 14.9. The van der Waals surface area contributed by atoms with Gasteiger partial charge in [-0.3, -0.25) is 9.36 Å². The monoisotopic (exact) mass is 638 g/mol. The summed E-state index contributed by atoms with van der Waals surface area (Å²) in [5.74, 6) is 0.752. The highest BCUT2D eigenvalue weighted by molar-refractivity contribution is 7.07. The number of allylic oxidation sites excluding steroid dienone is 1. The summed E-state index contributed by atoms with van der Waals surface area (Å²) in [5, 5.41) is 0. The summed E-state index contributed by atoms with van der Waals surface area (Å²) >= 11 is 1.20. The predicted octanol–water partition coefficient (Wildman–Crippen LogP) is 3.93. The molecule has 12 heteroatoms. The Morgan fingerprint density at radius 1 is 0.956 bits per heavy atom. The van der Waals surface area contributed by atoms with Crippen molar-refractivity contribution in [2.75, 3.05) is 33.5 Å². The van der Waals surface area contributed by atoms with Gasteiger partial charge in [-0.05, 0) is 83.0 Å². The molecule has 0 radical (unpaired) electrons. The number of thiazole rings is 1. The summed E-state index contributed by atoms with van der Waals surface area (Å²) in [6.45, 7) is 11.4. The molecule has 0 fully saturated rings. The minimum absolute atomic E-state index is 0.0823. The number of rotatable bonds is 13. The van der Waals surface area contributed by atoms with Gasteiger partial charge < -0.3 is 28.4 Å². The number of nitrogens with zero attached hydrogens (tertiary/aromatic N) is 2. The van der Waals surface area contributed by atoms with Crippen LogP contribution in [-0.2, 0) is 19.1 Å². The topological polar surface area (TPSA) is 124 Å². The molecule has 2 aromatic carbocycles. The van der Waals surface area contributed by atoms with E-state index in [2.05, 4.69) is 4.99 Å². The zero-order valence-electron chi connectivity index (χ0n) is 26.5. The Morgan fingerprint density at radius 3 is 2.36 bits per heavy atom. The molecule has 0 bridgehead atoms. The lowest BCUT2D eigenvalue weighted by atomic mass is 9.95. The Labute approximate surface area is 265 Å². The Morgan fingerprint density at radius 2 is 1.69 bits per heavy atom. The van der Waals surface area contributed by atoms with Crippen molar-refractivity contribution in [2.45, 2.75) is 53.7 Å². The minimum Gasteiger partial charge on any atom is -0.493 e. The third-order valence-electron chi connectivity index (χ3n) is 6.60. The standard InChI is InChI=1S/C33H38N2O9S/c1-8-40-26-15-21(11-13-23(26)43-18-28(36)41-9-2)16-27-31(37)35-30(22-12-14-24(44-19(4)5)25(17-22)39-7)29(32(38)42-10-3)20(6)34-33(35)45-27/h11-17,19,30H,8-10,18H2,1-7H3/b27-16-/t30-/m0/s1. The smallest absolute Gasteiger partial charge is 0.344 e. The lowest BCUT2D eigenvalue weighted by Gasteiger charge is -2.25. The number of methoxy groups -OCH3 is 1. The maximum absolute atomic E-state index is 14.1. The van der Waals surface area contributed by atoms with E-state index in [9.17, 15) is 14.4 Å². The van der Waals surface area contributed by atoms with Crippen LogP contribution in [0.3, 0.4) is 0 Å².